The van der Waals surface area contributed by atoms with Crippen molar-refractivity contribution in [2.75, 3.05) is 28.4 Å². The van der Waals surface area contributed by atoms with Crippen molar-refractivity contribution in [2.24, 2.45) is 0 Å². The predicted molar refractivity (Wildman–Crippen MR) is 48.7 cm³/mol. The Morgan fingerprint density at radius 1 is 1.21 bits per heavy atom. The van der Waals surface area contributed by atoms with E-state index in [0.717, 1.165) is 6.42 Å². The Labute approximate surface area is 84.2 Å². The number of rotatable bonds is 5. The lowest BCUT2D eigenvalue weighted by Gasteiger charge is -2.33. The summed E-state index contributed by atoms with van der Waals surface area (Å²) in [4.78, 5) is 0. The Kier molecular flexibility index (Phi) is 4.28. The van der Waals surface area contributed by atoms with Gasteiger partial charge in [-0.3, -0.25) is 0 Å². The van der Waals surface area contributed by atoms with Crippen molar-refractivity contribution in [1.82, 2.24) is 0 Å². The zero-order valence-electron chi connectivity index (χ0n) is 9.11. The summed E-state index contributed by atoms with van der Waals surface area (Å²) in [6.07, 6.45) is 0.678. The third-order valence-corrected chi connectivity index (χ3v) is 2.46. The van der Waals surface area contributed by atoms with Crippen LogP contribution in [0.1, 0.15) is 12.8 Å². The first-order chi connectivity index (χ1) is 6.72. The van der Waals surface area contributed by atoms with Gasteiger partial charge in [-0.1, -0.05) is 0 Å². The van der Waals surface area contributed by atoms with Gasteiger partial charge in [0.2, 0.25) is 12.1 Å². The van der Waals surface area contributed by atoms with Gasteiger partial charge in [0.25, 0.3) is 0 Å². The van der Waals surface area contributed by atoms with Crippen molar-refractivity contribution in [1.29, 1.82) is 0 Å². The van der Waals surface area contributed by atoms with Gasteiger partial charge in [-0.15, -0.1) is 0 Å². The Morgan fingerprint density at radius 2 is 1.86 bits per heavy atom. The summed E-state index contributed by atoms with van der Waals surface area (Å²) in [5.41, 5.74) is 0. The van der Waals surface area contributed by atoms with E-state index in [4.69, 9.17) is 23.7 Å². The number of hydrogen-bond acceptors (Lipinski definition) is 5. The third kappa shape index (κ3) is 2.07. The van der Waals surface area contributed by atoms with E-state index in [1.54, 1.807) is 28.4 Å². The summed E-state index contributed by atoms with van der Waals surface area (Å²) in [7, 11) is 6.28. The molecule has 0 saturated carbocycles. The van der Waals surface area contributed by atoms with Gasteiger partial charge < -0.3 is 23.7 Å². The average molecular weight is 206 g/mol. The summed E-state index contributed by atoms with van der Waals surface area (Å²) in [5.74, 6) is -0.843. The van der Waals surface area contributed by atoms with E-state index in [2.05, 4.69) is 0 Å². The first-order valence-corrected chi connectivity index (χ1v) is 4.53. The molecule has 0 bridgehead atoms. The Morgan fingerprint density at radius 3 is 2.21 bits per heavy atom. The fraction of sp³-hybridized carbons (Fsp3) is 1.00. The molecule has 0 spiro atoms. The lowest BCUT2D eigenvalue weighted by Crippen LogP contribution is -2.46. The van der Waals surface area contributed by atoms with Crippen LogP contribution in [0.5, 0.6) is 0 Å². The minimum atomic E-state index is -0.843. The van der Waals surface area contributed by atoms with Gasteiger partial charge in [0.05, 0.1) is 0 Å². The highest BCUT2D eigenvalue weighted by atomic mass is 16.8. The second-order valence-corrected chi connectivity index (χ2v) is 3.14. The molecule has 5 heteroatoms. The van der Waals surface area contributed by atoms with E-state index in [-0.39, 0.29) is 6.29 Å². The molecule has 1 saturated heterocycles. The van der Waals surface area contributed by atoms with E-state index in [1.807, 2.05) is 0 Å². The number of methoxy groups -OCH3 is 4. The molecule has 1 rings (SSSR count). The molecule has 1 heterocycles. The highest BCUT2D eigenvalue weighted by Crippen LogP contribution is 2.35. The average Bonchev–Trinajstić information content (AvgIpc) is 2.65. The van der Waals surface area contributed by atoms with E-state index < -0.39 is 12.1 Å². The van der Waals surface area contributed by atoms with Crippen molar-refractivity contribution >= 4 is 0 Å². The predicted octanol–water partition coefficient (Wildman–Crippen LogP) is 0.731. The Balaban J connectivity index is 2.67. The highest BCUT2D eigenvalue weighted by Gasteiger charge is 2.48. The second kappa shape index (κ2) is 5.04. The van der Waals surface area contributed by atoms with Crippen LogP contribution in [0, 0.1) is 0 Å². The Hall–Kier alpha value is -0.200. The number of hydrogen-bond donors (Lipinski definition) is 0. The maximum absolute atomic E-state index is 5.60. The third-order valence-electron chi connectivity index (χ3n) is 2.46. The zero-order valence-corrected chi connectivity index (χ0v) is 9.11. The standard InChI is InChI=1S/C9H18O5/c1-10-7-5-6-9(13-4,14-7)8(11-2)12-3/h7-8H,5-6H2,1-4H3. The van der Waals surface area contributed by atoms with Crippen LogP contribution in [-0.2, 0) is 23.7 Å². The van der Waals surface area contributed by atoms with Gasteiger partial charge in [0.15, 0.2) is 6.29 Å². The first kappa shape index (κ1) is 11.9. The molecule has 2 atom stereocenters. The molecule has 1 aliphatic rings. The molecule has 1 aliphatic heterocycles. The van der Waals surface area contributed by atoms with Crippen LogP contribution in [0.2, 0.25) is 0 Å². The van der Waals surface area contributed by atoms with Gasteiger partial charge in [-0.25, -0.2) is 0 Å². The minimum Gasteiger partial charge on any atom is -0.356 e. The molecule has 0 aromatic rings. The minimum absolute atomic E-state index is 0.247. The van der Waals surface area contributed by atoms with E-state index in [0.29, 0.717) is 6.42 Å². The zero-order chi connectivity index (χ0) is 10.6. The molecule has 0 aliphatic carbocycles. The molecule has 0 aromatic heterocycles. The van der Waals surface area contributed by atoms with E-state index in [1.165, 1.54) is 0 Å². The van der Waals surface area contributed by atoms with Gasteiger partial charge in [-0.05, 0) is 0 Å². The molecule has 2 unspecified atom stereocenters. The lowest BCUT2D eigenvalue weighted by molar-refractivity contribution is -0.345. The summed E-state index contributed by atoms with van der Waals surface area (Å²) in [6, 6.07) is 0. The first-order valence-electron chi connectivity index (χ1n) is 4.53. The monoisotopic (exact) mass is 206 g/mol. The fourth-order valence-electron chi connectivity index (χ4n) is 1.70. The summed E-state index contributed by atoms with van der Waals surface area (Å²) >= 11 is 0. The second-order valence-electron chi connectivity index (χ2n) is 3.14. The molecule has 0 N–H and O–H groups in total. The quantitative estimate of drug-likeness (QED) is 0.620. The van der Waals surface area contributed by atoms with Crippen LogP contribution in [0.15, 0.2) is 0 Å². The normalized spacial score (nSPS) is 32.8. The van der Waals surface area contributed by atoms with Crippen molar-refractivity contribution in [3.63, 3.8) is 0 Å². The van der Waals surface area contributed by atoms with Crippen LogP contribution in [0.25, 0.3) is 0 Å². The van der Waals surface area contributed by atoms with Crippen LogP contribution in [0.3, 0.4) is 0 Å². The molecule has 84 valence electrons. The maximum Gasteiger partial charge on any atom is 0.222 e. The smallest absolute Gasteiger partial charge is 0.222 e. The molecular formula is C9H18O5. The molecule has 5 nitrogen and oxygen atoms in total. The van der Waals surface area contributed by atoms with E-state index >= 15 is 0 Å². The maximum atomic E-state index is 5.60. The number of ether oxygens (including phenoxy) is 5. The molecular weight excluding hydrogens is 188 g/mol. The van der Waals surface area contributed by atoms with Crippen molar-refractivity contribution in [3.8, 4) is 0 Å². The van der Waals surface area contributed by atoms with Gasteiger partial charge in [-0.2, -0.15) is 0 Å². The van der Waals surface area contributed by atoms with Crippen molar-refractivity contribution < 1.29 is 23.7 Å². The molecule has 0 aromatic carbocycles. The largest absolute Gasteiger partial charge is 0.356 e. The SMILES string of the molecule is COC1CCC(OC)(C(OC)OC)O1. The topological polar surface area (TPSA) is 46.2 Å². The van der Waals surface area contributed by atoms with Gasteiger partial charge >= 0.3 is 0 Å². The van der Waals surface area contributed by atoms with Crippen LogP contribution < -0.4 is 0 Å². The van der Waals surface area contributed by atoms with Gasteiger partial charge in [0.1, 0.15) is 0 Å². The molecule has 0 amide bonds. The molecule has 1 fully saturated rings. The van der Waals surface area contributed by atoms with Crippen molar-refractivity contribution in [2.45, 2.75) is 31.2 Å². The lowest BCUT2D eigenvalue weighted by atomic mass is 10.2. The van der Waals surface area contributed by atoms with Crippen LogP contribution >= 0.6 is 0 Å². The van der Waals surface area contributed by atoms with Crippen LogP contribution in [-0.4, -0.2) is 46.8 Å². The summed E-state index contributed by atoms with van der Waals surface area (Å²) in [6.45, 7) is 0. The fourth-order valence-corrected chi connectivity index (χ4v) is 1.70. The molecule has 0 radical (unpaired) electrons. The van der Waals surface area contributed by atoms with Crippen molar-refractivity contribution in [3.05, 3.63) is 0 Å². The highest BCUT2D eigenvalue weighted by molar-refractivity contribution is 4.81. The summed E-state index contributed by atoms with van der Waals surface area (Å²) in [5, 5.41) is 0. The summed E-state index contributed by atoms with van der Waals surface area (Å²) < 4.78 is 26.3. The van der Waals surface area contributed by atoms with E-state index in [9.17, 15) is 0 Å². The van der Waals surface area contributed by atoms with Crippen LogP contribution in [0.4, 0.5) is 0 Å². The Bertz CT molecular complexity index is 171. The molecule has 14 heavy (non-hydrogen) atoms. The van der Waals surface area contributed by atoms with Gasteiger partial charge in [0, 0.05) is 41.3 Å².